The van der Waals surface area contributed by atoms with Crippen molar-refractivity contribution in [2.45, 2.75) is 40.0 Å². The van der Waals surface area contributed by atoms with E-state index in [-0.39, 0.29) is 5.91 Å². The molecule has 0 aliphatic carbocycles. The van der Waals surface area contributed by atoms with E-state index in [1.165, 1.54) is 36.7 Å². The van der Waals surface area contributed by atoms with E-state index < -0.39 is 0 Å². The molecule has 37 heavy (non-hydrogen) atoms. The van der Waals surface area contributed by atoms with Gasteiger partial charge in [0.25, 0.3) is 5.91 Å². The van der Waals surface area contributed by atoms with E-state index in [0.717, 1.165) is 41.4 Å². The van der Waals surface area contributed by atoms with Gasteiger partial charge in [-0.2, -0.15) is 0 Å². The Balaban J connectivity index is 1.41. The Morgan fingerprint density at radius 2 is 1.65 bits per heavy atom. The zero-order chi connectivity index (χ0) is 26.1. The number of nitrogens with zero attached hydrogens (tertiary/aromatic N) is 4. The number of aromatic nitrogens is 1. The predicted molar refractivity (Wildman–Crippen MR) is 158 cm³/mol. The first-order valence-electron chi connectivity index (χ1n) is 12.6. The lowest BCUT2D eigenvalue weighted by Gasteiger charge is -2.28. The van der Waals surface area contributed by atoms with Crippen LogP contribution in [0.4, 0.5) is 11.4 Å². The molecule has 0 N–H and O–H groups in total. The molecule has 0 atom stereocenters. The average molecular weight is 554 g/mol. The highest BCUT2D eigenvalue weighted by Crippen LogP contribution is 2.36. The summed E-state index contributed by atoms with van der Waals surface area (Å²) in [6.45, 7) is 8.86. The van der Waals surface area contributed by atoms with Gasteiger partial charge in [-0.25, -0.2) is 4.99 Å². The topological polar surface area (TPSA) is 40.8 Å². The Morgan fingerprint density at radius 3 is 2.32 bits per heavy atom. The van der Waals surface area contributed by atoms with Gasteiger partial charge in [0.15, 0.2) is 5.17 Å². The van der Waals surface area contributed by atoms with Gasteiger partial charge < -0.3 is 9.47 Å². The lowest BCUT2D eigenvalue weighted by Crippen LogP contribution is -2.29. The molecule has 5 nitrogen and oxygen atoms in total. The van der Waals surface area contributed by atoms with Crippen LogP contribution in [0, 0.1) is 13.8 Å². The van der Waals surface area contributed by atoms with Crippen LogP contribution in [0.5, 0.6) is 0 Å². The SMILES string of the molecule is CCN1C(=O)/C(=C\c2cc(C)n(-c3ccc(Cl)c(Cl)c3)c2C)SC1=Nc1ccc(N2CCCCC2)cc1. The molecule has 5 rings (SSSR count). The van der Waals surface area contributed by atoms with Crippen molar-refractivity contribution in [3.8, 4) is 5.69 Å². The highest BCUT2D eigenvalue weighted by atomic mass is 35.5. The highest BCUT2D eigenvalue weighted by Gasteiger charge is 2.32. The van der Waals surface area contributed by atoms with E-state index in [0.29, 0.717) is 26.7 Å². The number of hydrogen-bond donors (Lipinski definition) is 0. The number of amidine groups is 1. The van der Waals surface area contributed by atoms with Gasteiger partial charge in [0.2, 0.25) is 0 Å². The second kappa shape index (κ2) is 11.0. The van der Waals surface area contributed by atoms with E-state index in [2.05, 4.69) is 27.7 Å². The normalized spacial score (nSPS) is 18.5. The Hall–Kier alpha value is -2.67. The minimum atomic E-state index is -0.0180. The maximum absolute atomic E-state index is 13.3. The maximum Gasteiger partial charge on any atom is 0.266 e. The van der Waals surface area contributed by atoms with Crippen LogP contribution in [-0.2, 0) is 4.79 Å². The van der Waals surface area contributed by atoms with Crippen LogP contribution in [-0.4, -0.2) is 40.2 Å². The van der Waals surface area contributed by atoms with Crippen molar-refractivity contribution in [1.82, 2.24) is 9.47 Å². The van der Waals surface area contributed by atoms with Crippen LogP contribution in [0.1, 0.15) is 43.1 Å². The molecule has 0 spiro atoms. The minimum Gasteiger partial charge on any atom is -0.372 e. The molecule has 192 valence electrons. The first kappa shape index (κ1) is 26.0. The summed E-state index contributed by atoms with van der Waals surface area (Å²) in [5.74, 6) is -0.0180. The van der Waals surface area contributed by atoms with Crippen LogP contribution >= 0.6 is 35.0 Å². The quantitative estimate of drug-likeness (QED) is 0.301. The van der Waals surface area contributed by atoms with Crippen molar-refractivity contribution in [3.05, 3.63) is 80.4 Å². The van der Waals surface area contributed by atoms with E-state index in [9.17, 15) is 4.79 Å². The number of carbonyl (C=O) groups is 1. The van der Waals surface area contributed by atoms with E-state index in [4.69, 9.17) is 28.2 Å². The van der Waals surface area contributed by atoms with Crippen molar-refractivity contribution in [1.29, 1.82) is 0 Å². The van der Waals surface area contributed by atoms with Crippen molar-refractivity contribution in [2.75, 3.05) is 24.5 Å². The summed E-state index contributed by atoms with van der Waals surface area (Å²) in [4.78, 5) is 23.0. The summed E-state index contributed by atoms with van der Waals surface area (Å²) < 4.78 is 2.12. The average Bonchev–Trinajstić information content (AvgIpc) is 3.35. The molecular weight excluding hydrogens is 523 g/mol. The van der Waals surface area contributed by atoms with E-state index in [1.54, 1.807) is 11.0 Å². The number of amides is 1. The van der Waals surface area contributed by atoms with Crippen LogP contribution in [0.2, 0.25) is 10.0 Å². The highest BCUT2D eigenvalue weighted by molar-refractivity contribution is 8.18. The van der Waals surface area contributed by atoms with Gasteiger partial charge >= 0.3 is 0 Å². The molecule has 2 saturated heterocycles. The molecule has 3 aromatic rings. The van der Waals surface area contributed by atoms with E-state index >= 15 is 0 Å². The molecular formula is C29H30Cl2N4OS. The lowest BCUT2D eigenvalue weighted by molar-refractivity contribution is -0.122. The predicted octanol–water partition coefficient (Wildman–Crippen LogP) is 8.02. The second-order valence-electron chi connectivity index (χ2n) is 9.38. The zero-order valence-corrected chi connectivity index (χ0v) is 23.6. The molecule has 0 saturated carbocycles. The standard InChI is InChI=1S/C29H30Cl2N4OS/c1-4-34-28(36)27(17-21-16-19(2)35(20(21)3)24-12-13-25(30)26(31)18-24)37-29(34)32-22-8-10-23(11-9-22)33-14-6-5-7-15-33/h8-13,16-18H,4-7,14-15H2,1-3H3/b27-17+,32-29?. The third kappa shape index (κ3) is 5.33. The second-order valence-corrected chi connectivity index (χ2v) is 11.2. The fourth-order valence-electron chi connectivity index (χ4n) is 4.97. The smallest absolute Gasteiger partial charge is 0.266 e. The summed E-state index contributed by atoms with van der Waals surface area (Å²) >= 11 is 13.8. The number of piperidine rings is 1. The van der Waals surface area contributed by atoms with Gasteiger partial charge in [-0.15, -0.1) is 0 Å². The summed E-state index contributed by atoms with van der Waals surface area (Å²) in [7, 11) is 0. The van der Waals surface area contributed by atoms with Crippen molar-refractivity contribution in [3.63, 3.8) is 0 Å². The summed E-state index contributed by atoms with van der Waals surface area (Å²) in [5.41, 5.74) is 6.09. The number of halogens is 2. The minimum absolute atomic E-state index is 0.0180. The number of anilines is 1. The fourth-order valence-corrected chi connectivity index (χ4v) is 6.31. The van der Waals surface area contributed by atoms with Gasteiger partial charge in [-0.05, 0) is 112 Å². The number of carbonyl (C=O) groups excluding carboxylic acids is 1. The molecule has 0 unspecified atom stereocenters. The Kier molecular flexibility index (Phi) is 7.70. The van der Waals surface area contributed by atoms with Crippen molar-refractivity contribution < 1.29 is 4.79 Å². The molecule has 2 aliphatic rings. The zero-order valence-electron chi connectivity index (χ0n) is 21.3. The fraction of sp³-hybridized carbons (Fsp3) is 0.310. The molecule has 2 aliphatic heterocycles. The molecule has 1 amide bonds. The first-order valence-corrected chi connectivity index (χ1v) is 14.2. The summed E-state index contributed by atoms with van der Waals surface area (Å²) in [6, 6.07) is 16.0. The molecule has 0 bridgehead atoms. The molecule has 2 aromatic carbocycles. The number of rotatable bonds is 5. The molecule has 8 heteroatoms. The van der Waals surface area contributed by atoms with Crippen molar-refractivity contribution >= 4 is 63.5 Å². The number of thioether (sulfide) groups is 1. The van der Waals surface area contributed by atoms with Gasteiger partial charge in [0.05, 0.1) is 20.6 Å². The van der Waals surface area contributed by atoms with E-state index in [1.807, 2.05) is 51.1 Å². The molecule has 2 fully saturated rings. The molecule has 0 radical (unpaired) electrons. The van der Waals surface area contributed by atoms with Gasteiger partial charge in [0.1, 0.15) is 0 Å². The number of aliphatic imine (C=N–C) groups is 1. The number of benzene rings is 2. The van der Waals surface area contributed by atoms with Gasteiger partial charge in [-0.1, -0.05) is 23.2 Å². The van der Waals surface area contributed by atoms with Gasteiger partial charge in [-0.3, -0.25) is 9.69 Å². The third-order valence-electron chi connectivity index (χ3n) is 6.92. The van der Waals surface area contributed by atoms with Crippen LogP contribution in [0.25, 0.3) is 11.8 Å². The number of likely N-dealkylation sites (N-methyl/N-ethyl adjacent to an activating group) is 1. The Morgan fingerprint density at radius 1 is 0.946 bits per heavy atom. The van der Waals surface area contributed by atoms with Crippen LogP contribution in [0.3, 0.4) is 0 Å². The number of hydrogen-bond acceptors (Lipinski definition) is 4. The Bertz CT molecular complexity index is 1390. The molecule has 3 heterocycles. The first-order chi connectivity index (χ1) is 17.9. The summed E-state index contributed by atoms with van der Waals surface area (Å²) in [6.07, 6.45) is 5.78. The third-order valence-corrected chi connectivity index (χ3v) is 8.66. The van der Waals surface area contributed by atoms with Gasteiger partial charge in [0, 0.05) is 42.4 Å². The van der Waals surface area contributed by atoms with Crippen molar-refractivity contribution in [2.24, 2.45) is 4.99 Å². The number of aryl methyl sites for hydroxylation is 1. The van der Waals surface area contributed by atoms with Crippen LogP contribution < -0.4 is 4.90 Å². The summed E-state index contributed by atoms with van der Waals surface area (Å²) in [5, 5.41) is 1.75. The monoisotopic (exact) mass is 552 g/mol. The van der Waals surface area contributed by atoms with Crippen LogP contribution in [0.15, 0.2) is 58.4 Å². The molecule has 1 aromatic heterocycles. The Labute approximate surface area is 232 Å². The lowest BCUT2D eigenvalue weighted by atomic mass is 10.1. The maximum atomic E-state index is 13.3. The largest absolute Gasteiger partial charge is 0.372 e.